The Labute approximate surface area is 164 Å². The fourth-order valence-corrected chi connectivity index (χ4v) is 3.31. The zero-order valence-corrected chi connectivity index (χ0v) is 15.9. The quantitative estimate of drug-likeness (QED) is 0.689. The summed E-state index contributed by atoms with van der Waals surface area (Å²) in [5, 5.41) is 6.82. The normalized spacial score (nSPS) is 14.2. The standard InChI is InChI=1S/C20H19F3N4O2/c1-11-18-15(20(21,22)23)9-16(12-3-4-12)25-19(18)27(26-11)10-17(28)24-13-5-7-14(29-2)8-6-13/h5-9,12H,3-4,10H2,1-2H3,(H,24,28). The number of alkyl halides is 3. The number of halogens is 3. The molecule has 29 heavy (non-hydrogen) atoms. The summed E-state index contributed by atoms with van der Waals surface area (Å²) < 4.78 is 47.2. The maximum atomic E-state index is 13.6. The lowest BCUT2D eigenvalue weighted by Crippen LogP contribution is -2.20. The van der Waals surface area contributed by atoms with E-state index in [1.54, 1.807) is 24.3 Å². The lowest BCUT2D eigenvalue weighted by molar-refractivity contribution is -0.136. The van der Waals surface area contributed by atoms with Crippen molar-refractivity contribution in [1.82, 2.24) is 14.8 Å². The van der Waals surface area contributed by atoms with Crippen LogP contribution in [-0.2, 0) is 17.5 Å². The summed E-state index contributed by atoms with van der Waals surface area (Å²) in [6.07, 6.45) is -2.88. The Kier molecular flexibility index (Phi) is 4.68. The number of aryl methyl sites for hydroxylation is 1. The number of hydrogen-bond acceptors (Lipinski definition) is 4. The Morgan fingerprint density at radius 2 is 1.97 bits per heavy atom. The molecule has 152 valence electrons. The van der Waals surface area contributed by atoms with Crippen molar-refractivity contribution in [2.75, 3.05) is 12.4 Å². The van der Waals surface area contributed by atoms with E-state index in [2.05, 4.69) is 15.4 Å². The predicted molar refractivity (Wildman–Crippen MR) is 101 cm³/mol. The maximum absolute atomic E-state index is 13.6. The van der Waals surface area contributed by atoms with E-state index in [0.717, 1.165) is 18.9 Å². The van der Waals surface area contributed by atoms with Crippen molar-refractivity contribution in [2.24, 2.45) is 0 Å². The van der Waals surface area contributed by atoms with Gasteiger partial charge < -0.3 is 10.1 Å². The first-order chi connectivity index (χ1) is 13.8. The van der Waals surface area contributed by atoms with Crippen LogP contribution in [-0.4, -0.2) is 27.8 Å². The lowest BCUT2D eigenvalue weighted by atomic mass is 10.1. The highest BCUT2D eigenvalue weighted by atomic mass is 19.4. The van der Waals surface area contributed by atoms with Crippen molar-refractivity contribution >= 4 is 22.6 Å². The highest BCUT2D eigenvalue weighted by molar-refractivity contribution is 5.92. The van der Waals surface area contributed by atoms with Crippen LogP contribution >= 0.6 is 0 Å². The van der Waals surface area contributed by atoms with Crippen LogP contribution in [0.25, 0.3) is 11.0 Å². The molecular formula is C20H19F3N4O2. The van der Waals surface area contributed by atoms with Crippen LogP contribution in [0.15, 0.2) is 30.3 Å². The molecule has 1 aliphatic carbocycles. The number of fused-ring (bicyclic) bond motifs is 1. The van der Waals surface area contributed by atoms with Crippen LogP contribution in [0.2, 0.25) is 0 Å². The minimum atomic E-state index is -4.52. The van der Waals surface area contributed by atoms with E-state index in [0.29, 0.717) is 17.1 Å². The largest absolute Gasteiger partial charge is 0.497 e. The molecular weight excluding hydrogens is 385 g/mol. The number of methoxy groups -OCH3 is 1. The molecule has 0 radical (unpaired) electrons. The van der Waals surface area contributed by atoms with Gasteiger partial charge in [0.2, 0.25) is 5.91 Å². The molecule has 0 spiro atoms. The van der Waals surface area contributed by atoms with E-state index < -0.39 is 17.6 Å². The van der Waals surface area contributed by atoms with Crippen molar-refractivity contribution in [1.29, 1.82) is 0 Å². The number of rotatable bonds is 5. The second kappa shape index (κ2) is 7.06. The first-order valence-electron chi connectivity index (χ1n) is 9.15. The summed E-state index contributed by atoms with van der Waals surface area (Å²) in [7, 11) is 1.54. The summed E-state index contributed by atoms with van der Waals surface area (Å²) in [5.74, 6) is 0.275. The molecule has 0 unspecified atom stereocenters. The van der Waals surface area contributed by atoms with Crippen LogP contribution < -0.4 is 10.1 Å². The Hall–Kier alpha value is -3.10. The van der Waals surface area contributed by atoms with Crippen LogP contribution in [0, 0.1) is 6.92 Å². The summed E-state index contributed by atoms with van der Waals surface area (Å²) in [6, 6.07) is 7.86. The van der Waals surface area contributed by atoms with Gasteiger partial charge in [-0.1, -0.05) is 0 Å². The molecule has 4 rings (SSSR count). The zero-order valence-electron chi connectivity index (χ0n) is 15.9. The number of nitrogens with zero attached hydrogens (tertiary/aromatic N) is 3. The highest BCUT2D eigenvalue weighted by Crippen LogP contribution is 2.43. The van der Waals surface area contributed by atoms with Gasteiger partial charge in [-0.3, -0.25) is 4.79 Å². The SMILES string of the molecule is COc1ccc(NC(=O)Cn2nc(C)c3c(C(F)(F)F)cc(C4CC4)nc32)cc1. The molecule has 1 N–H and O–H groups in total. The number of ether oxygens (including phenoxy) is 1. The summed E-state index contributed by atoms with van der Waals surface area (Å²) >= 11 is 0. The molecule has 1 fully saturated rings. The van der Waals surface area contributed by atoms with Gasteiger partial charge >= 0.3 is 6.18 Å². The summed E-state index contributed by atoms with van der Waals surface area (Å²) in [6.45, 7) is 1.25. The molecule has 0 aliphatic heterocycles. The average Bonchev–Trinajstić information content (AvgIpc) is 3.47. The molecule has 1 aromatic carbocycles. The fourth-order valence-electron chi connectivity index (χ4n) is 3.31. The third kappa shape index (κ3) is 3.90. The van der Waals surface area contributed by atoms with E-state index >= 15 is 0 Å². The van der Waals surface area contributed by atoms with E-state index in [-0.39, 0.29) is 29.2 Å². The summed E-state index contributed by atoms with van der Waals surface area (Å²) in [4.78, 5) is 16.9. The van der Waals surface area contributed by atoms with E-state index in [9.17, 15) is 18.0 Å². The van der Waals surface area contributed by atoms with E-state index in [4.69, 9.17) is 4.74 Å². The molecule has 0 saturated heterocycles. The van der Waals surface area contributed by atoms with E-state index in [1.807, 2.05) is 0 Å². The molecule has 6 nitrogen and oxygen atoms in total. The van der Waals surface area contributed by atoms with Gasteiger partial charge in [-0.15, -0.1) is 0 Å². The molecule has 0 atom stereocenters. The van der Waals surface area contributed by atoms with Crippen molar-refractivity contribution in [3.8, 4) is 5.75 Å². The molecule has 1 saturated carbocycles. The number of hydrogen-bond donors (Lipinski definition) is 1. The smallest absolute Gasteiger partial charge is 0.417 e. The van der Waals surface area contributed by atoms with Gasteiger partial charge in [0.15, 0.2) is 5.65 Å². The van der Waals surface area contributed by atoms with Gasteiger partial charge in [0.25, 0.3) is 0 Å². The number of carbonyl (C=O) groups is 1. The predicted octanol–water partition coefficient (Wildman–Crippen LogP) is 4.28. The number of nitrogens with one attached hydrogen (secondary N) is 1. The molecule has 0 bridgehead atoms. The van der Waals surface area contributed by atoms with Crippen LogP contribution in [0.1, 0.15) is 35.7 Å². The maximum Gasteiger partial charge on any atom is 0.417 e. The van der Waals surface area contributed by atoms with Gasteiger partial charge in [0.05, 0.1) is 23.8 Å². The minimum absolute atomic E-state index is 0.0391. The summed E-state index contributed by atoms with van der Waals surface area (Å²) in [5.41, 5.74) is 0.486. The first kappa shape index (κ1) is 19.2. The Balaban J connectivity index is 1.66. The van der Waals surface area contributed by atoms with Crippen molar-refractivity contribution in [3.05, 3.63) is 47.3 Å². The molecule has 1 amide bonds. The second-order valence-corrected chi connectivity index (χ2v) is 7.09. The monoisotopic (exact) mass is 404 g/mol. The number of carbonyl (C=O) groups excluding carboxylic acids is 1. The van der Waals surface area contributed by atoms with Gasteiger partial charge in [0.1, 0.15) is 12.3 Å². The third-order valence-electron chi connectivity index (χ3n) is 4.87. The van der Waals surface area contributed by atoms with Crippen molar-refractivity contribution in [3.63, 3.8) is 0 Å². The molecule has 9 heteroatoms. The second-order valence-electron chi connectivity index (χ2n) is 7.09. The number of amides is 1. The van der Waals surface area contributed by atoms with E-state index in [1.165, 1.54) is 18.7 Å². The zero-order chi connectivity index (χ0) is 20.8. The Morgan fingerprint density at radius 1 is 1.28 bits per heavy atom. The van der Waals surface area contributed by atoms with Crippen LogP contribution in [0.5, 0.6) is 5.75 Å². The van der Waals surface area contributed by atoms with Crippen LogP contribution in [0.4, 0.5) is 18.9 Å². The number of aromatic nitrogens is 3. The van der Waals surface area contributed by atoms with Gasteiger partial charge in [-0.05, 0) is 50.1 Å². The molecule has 2 heterocycles. The molecule has 1 aliphatic rings. The number of pyridine rings is 1. The van der Waals surface area contributed by atoms with Gasteiger partial charge in [0, 0.05) is 17.3 Å². The fraction of sp³-hybridized carbons (Fsp3) is 0.350. The van der Waals surface area contributed by atoms with Gasteiger partial charge in [-0.2, -0.15) is 18.3 Å². The Bertz CT molecular complexity index is 1070. The van der Waals surface area contributed by atoms with Crippen molar-refractivity contribution < 1.29 is 22.7 Å². The number of benzene rings is 1. The highest BCUT2D eigenvalue weighted by Gasteiger charge is 2.37. The minimum Gasteiger partial charge on any atom is -0.497 e. The van der Waals surface area contributed by atoms with Crippen LogP contribution in [0.3, 0.4) is 0 Å². The van der Waals surface area contributed by atoms with Gasteiger partial charge in [-0.25, -0.2) is 9.67 Å². The molecule has 2 aromatic heterocycles. The third-order valence-corrected chi connectivity index (χ3v) is 4.87. The number of anilines is 1. The lowest BCUT2D eigenvalue weighted by Gasteiger charge is -2.11. The first-order valence-corrected chi connectivity index (χ1v) is 9.15. The Morgan fingerprint density at radius 3 is 2.55 bits per heavy atom. The molecule has 3 aromatic rings. The average molecular weight is 404 g/mol. The topological polar surface area (TPSA) is 69.0 Å². The van der Waals surface area contributed by atoms with Crippen molar-refractivity contribution in [2.45, 2.75) is 38.4 Å².